The normalized spacial score (nSPS) is 25.4. The fourth-order valence-electron chi connectivity index (χ4n) is 2.53. The molecule has 102 valence electrons. The Morgan fingerprint density at radius 3 is 2.39 bits per heavy atom. The van der Waals surface area contributed by atoms with E-state index in [1.54, 1.807) is 17.8 Å². The Morgan fingerprint density at radius 2 is 1.94 bits per heavy atom. The first-order chi connectivity index (χ1) is 8.41. The maximum absolute atomic E-state index is 12.5. The third kappa shape index (κ3) is 2.68. The van der Waals surface area contributed by atoms with Gasteiger partial charge in [0.25, 0.3) is 0 Å². The molecule has 0 saturated heterocycles. The number of aromatic nitrogens is 2. The molecule has 0 atom stereocenters. The van der Waals surface area contributed by atoms with E-state index in [9.17, 15) is 13.2 Å². The van der Waals surface area contributed by atoms with Crippen LogP contribution in [0, 0.1) is 12.8 Å². The van der Waals surface area contributed by atoms with E-state index in [4.69, 9.17) is 5.11 Å². The number of aliphatic hydroxyl groups is 1. The van der Waals surface area contributed by atoms with Crippen LogP contribution >= 0.6 is 0 Å². The predicted octanol–water partition coefficient (Wildman–Crippen LogP) is 2.98. The number of alkyl halides is 3. The van der Waals surface area contributed by atoms with Gasteiger partial charge in [-0.25, -0.2) is 0 Å². The molecule has 1 saturated carbocycles. The van der Waals surface area contributed by atoms with Crippen molar-refractivity contribution in [1.82, 2.24) is 9.78 Å². The topological polar surface area (TPSA) is 38.0 Å². The number of aryl methyl sites for hydroxylation is 1. The van der Waals surface area contributed by atoms with Crippen molar-refractivity contribution in [1.29, 1.82) is 0 Å². The quantitative estimate of drug-likeness (QED) is 0.889. The second-order valence-electron chi connectivity index (χ2n) is 4.92. The van der Waals surface area contributed by atoms with Crippen LogP contribution in [-0.4, -0.2) is 21.1 Å². The fourth-order valence-corrected chi connectivity index (χ4v) is 2.53. The van der Waals surface area contributed by atoms with Gasteiger partial charge in [-0.3, -0.25) is 4.68 Å². The molecule has 1 aliphatic rings. The van der Waals surface area contributed by atoms with Gasteiger partial charge in [0, 0.05) is 11.8 Å². The lowest BCUT2D eigenvalue weighted by atomic mass is 9.86. The van der Waals surface area contributed by atoms with E-state index in [-0.39, 0.29) is 25.5 Å². The largest absolute Gasteiger partial charge is 0.392 e. The Bertz CT molecular complexity index is 406. The van der Waals surface area contributed by atoms with Gasteiger partial charge in [-0.1, -0.05) is 0 Å². The summed E-state index contributed by atoms with van der Waals surface area (Å²) in [5.74, 6) is -1.16. The predicted molar refractivity (Wildman–Crippen MR) is 59.9 cm³/mol. The van der Waals surface area contributed by atoms with Gasteiger partial charge in [0.2, 0.25) is 0 Å². The van der Waals surface area contributed by atoms with E-state index in [2.05, 4.69) is 5.10 Å². The maximum Gasteiger partial charge on any atom is 0.391 e. The monoisotopic (exact) mass is 262 g/mol. The molecule has 18 heavy (non-hydrogen) atoms. The van der Waals surface area contributed by atoms with Gasteiger partial charge in [0.05, 0.1) is 24.3 Å². The van der Waals surface area contributed by atoms with Crippen molar-refractivity contribution in [3.8, 4) is 0 Å². The lowest BCUT2D eigenvalue weighted by Gasteiger charge is -2.29. The van der Waals surface area contributed by atoms with E-state index in [1.165, 1.54) is 0 Å². The smallest absolute Gasteiger partial charge is 0.391 e. The Kier molecular flexibility index (Phi) is 3.66. The second kappa shape index (κ2) is 4.91. The molecule has 0 aliphatic heterocycles. The molecular formula is C12H17F3N2O. The highest BCUT2D eigenvalue weighted by molar-refractivity contribution is 5.14. The van der Waals surface area contributed by atoms with Crippen molar-refractivity contribution in [2.75, 3.05) is 0 Å². The molecule has 0 aromatic carbocycles. The zero-order valence-electron chi connectivity index (χ0n) is 10.2. The van der Waals surface area contributed by atoms with Gasteiger partial charge in [-0.15, -0.1) is 0 Å². The third-order valence-corrected chi connectivity index (χ3v) is 3.72. The van der Waals surface area contributed by atoms with E-state index < -0.39 is 12.1 Å². The summed E-state index contributed by atoms with van der Waals surface area (Å²) in [6, 6.07) is 0.0302. The molecule has 0 amide bonds. The highest BCUT2D eigenvalue weighted by Crippen LogP contribution is 2.40. The lowest BCUT2D eigenvalue weighted by Crippen LogP contribution is -2.28. The van der Waals surface area contributed by atoms with Crippen molar-refractivity contribution >= 4 is 0 Å². The van der Waals surface area contributed by atoms with Crippen LogP contribution in [-0.2, 0) is 6.61 Å². The summed E-state index contributed by atoms with van der Waals surface area (Å²) in [6.45, 7) is 1.72. The molecular weight excluding hydrogens is 245 g/mol. The molecule has 6 heteroatoms. The summed E-state index contributed by atoms with van der Waals surface area (Å²) in [5.41, 5.74) is 1.49. The Morgan fingerprint density at radius 1 is 1.33 bits per heavy atom. The third-order valence-electron chi connectivity index (χ3n) is 3.72. The molecule has 0 spiro atoms. The number of rotatable bonds is 2. The van der Waals surface area contributed by atoms with Crippen LogP contribution in [0.15, 0.2) is 6.20 Å². The molecule has 1 fully saturated rings. The minimum Gasteiger partial charge on any atom is -0.392 e. The van der Waals surface area contributed by atoms with Crippen molar-refractivity contribution in [3.05, 3.63) is 17.5 Å². The molecule has 1 heterocycles. The van der Waals surface area contributed by atoms with Crippen molar-refractivity contribution < 1.29 is 18.3 Å². The summed E-state index contributed by atoms with van der Waals surface area (Å²) in [5, 5.41) is 13.3. The highest BCUT2D eigenvalue weighted by atomic mass is 19.4. The summed E-state index contributed by atoms with van der Waals surface area (Å²) >= 11 is 0. The number of hydrogen-bond acceptors (Lipinski definition) is 2. The molecule has 0 unspecified atom stereocenters. The van der Waals surface area contributed by atoms with Crippen LogP contribution in [0.2, 0.25) is 0 Å². The molecule has 0 bridgehead atoms. The van der Waals surface area contributed by atoms with E-state index >= 15 is 0 Å². The minimum atomic E-state index is -4.07. The summed E-state index contributed by atoms with van der Waals surface area (Å²) in [7, 11) is 0. The molecule has 2 rings (SSSR count). The van der Waals surface area contributed by atoms with Gasteiger partial charge < -0.3 is 5.11 Å². The summed E-state index contributed by atoms with van der Waals surface area (Å²) in [4.78, 5) is 0. The maximum atomic E-state index is 12.5. The number of aliphatic hydroxyl groups excluding tert-OH is 1. The zero-order valence-corrected chi connectivity index (χ0v) is 10.2. The van der Waals surface area contributed by atoms with Crippen LogP contribution in [0.1, 0.15) is 43.0 Å². The first-order valence-corrected chi connectivity index (χ1v) is 6.14. The lowest BCUT2D eigenvalue weighted by molar-refractivity contribution is -0.183. The number of halogens is 3. The van der Waals surface area contributed by atoms with E-state index in [0.717, 1.165) is 11.3 Å². The van der Waals surface area contributed by atoms with Gasteiger partial charge >= 0.3 is 6.18 Å². The van der Waals surface area contributed by atoms with Crippen LogP contribution < -0.4 is 0 Å². The highest BCUT2D eigenvalue weighted by Gasteiger charge is 2.41. The van der Waals surface area contributed by atoms with Gasteiger partial charge in [-0.05, 0) is 32.6 Å². The second-order valence-corrected chi connectivity index (χ2v) is 4.92. The average molecular weight is 262 g/mol. The standard InChI is InChI=1S/C12H17F3N2O/c1-8-9(7-18)6-17(16-8)11-4-2-10(3-5-11)12(13,14)15/h6,10-11,18H,2-5,7H2,1H3. The Labute approximate surface area is 104 Å². The molecule has 1 aromatic heterocycles. The van der Waals surface area contributed by atoms with Crippen LogP contribution in [0.25, 0.3) is 0 Å². The number of nitrogens with zero attached hydrogens (tertiary/aromatic N) is 2. The zero-order chi connectivity index (χ0) is 13.3. The molecule has 1 N–H and O–H groups in total. The molecule has 0 radical (unpaired) electrons. The average Bonchev–Trinajstić information content (AvgIpc) is 2.69. The van der Waals surface area contributed by atoms with Gasteiger partial charge in [0.1, 0.15) is 0 Å². The summed E-state index contributed by atoms with van der Waals surface area (Å²) in [6.07, 6.45) is -0.995. The fraction of sp³-hybridized carbons (Fsp3) is 0.750. The first-order valence-electron chi connectivity index (χ1n) is 6.14. The number of hydrogen-bond donors (Lipinski definition) is 1. The van der Waals surface area contributed by atoms with Crippen LogP contribution in [0.3, 0.4) is 0 Å². The minimum absolute atomic E-state index is 0.0302. The Hall–Kier alpha value is -1.04. The van der Waals surface area contributed by atoms with Gasteiger partial charge in [0.15, 0.2) is 0 Å². The van der Waals surface area contributed by atoms with Crippen molar-refractivity contribution in [3.63, 3.8) is 0 Å². The van der Waals surface area contributed by atoms with Crippen molar-refractivity contribution in [2.45, 2.75) is 51.4 Å². The van der Waals surface area contributed by atoms with Gasteiger partial charge in [-0.2, -0.15) is 18.3 Å². The molecule has 3 nitrogen and oxygen atoms in total. The van der Waals surface area contributed by atoms with Crippen LogP contribution in [0.4, 0.5) is 13.2 Å². The van der Waals surface area contributed by atoms with Crippen LogP contribution in [0.5, 0.6) is 0 Å². The summed E-state index contributed by atoms with van der Waals surface area (Å²) < 4.78 is 39.3. The Balaban J connectivity index is 2.01. The van der Waals surface area contributed by atoms with E-state index in [1.807, 2.05) is 0 Å². The van der Waals surface area contributed by atoms with Crippen molar-refractivity contribution in [2.24, 2.45) is 5.92 Å². The molecule has 1 aliphatic carbocycles. The molecule has 1 aromatic rings. The SMILES string of the molecule is Cc1nn(C2CCC(C(F)(F)F)CC2)cc1CO. The first kappa shape index (κ1) is 13.4. The van der Waals surface area contributed by atoms with E-state index in [0.29, 0.717) is 12.8 Å².